The molecular formula is C12H14ClF4N. The predicted molar refractivity (Wildman–Crippen MR) is 63.5 cm³/mol. The molecule has 0 aromatic heterocycles. The van der Waals surface area contributed by atoms with Gasteiger partial charge in [-0.1, -0.05) is 0 Å². The number of halogens is 5. The van der Waals surface area contributed by atoms with Gasteiger partial charge in [0.05, 0.1) is 5.56 Å². The number of piperidine rings is 1. The first-order chi connectivity index (χ1) is 7.98. The molecule has 1 saturated heterocycles. The van der Waals surface area contributed by atoms with Crippen molar-refractivity contribution >= 4 is 12.4 Å². The lowest BCUT2D eigenvalue weighted by atomic mass is 9.89. The van der Waals surface area contributed by atoms with E-state index in [1.165, 1.54) is 0 Å². The molecule has 0 atom stereocenters. The van der Waals surface area contributed by atoms with E-state index in [1.807, 2.05) is 0 Å². The van der Waals surface area contributed by atoms with Gasteiger partial charge < -0.3 is 5.32 Å². The van der Waals surface area contributed by atoms with Crippen LogP contribution in [-0.2, 0) is 6.18 Å². The fraction of sp³-hybridized carbons (Fsp3) is 0.500. The van der Waals surface area contributed by atoms with Crippen molar-refractivity contribution in [2.24, 2.45) is 0 Å². The highest BCUT2D eigenvalue weighted by atomic mass is 35.5. The summed E-state index contributed by atoms with van der Waals surface area (Å²) in [6.45, 7) is 1.45. The molecule has 102 valence electrons. The quantitative estimate of drug-likeness (QED) is 0.774. The third-order valence-electron chi connectivity index (χ3n) is 3.10. The van der Waals surface area contributed by atoms with Gasteiger partial charge in [-0.2, -0.15) is 13.2 Å². The Morgan fingerprint density at radius 2 is 1.72 bits per heavy atom. The van der Waals surface area contributed by atoms with Gasteiger partial charge in [-0.05, 0) is 55.6 Å². The van der Waals surface area contributed by atoms with E-state index in [0.717, 1.165) is 31.3 Å². The van der Waals surface area contributed by atoms with E-state index in [-0.39, 0.29) is 23.9 Å². The summed E-state index contributed by atoms with van der Waals surface area (Å²) in [5.74, 6) is -0.650. The standard InChI is InChI=1S/C12H13F4N.ClH/c13-11-2-1-9(12(14,15)16)7-10(11)8-3-5-17-6-4-8;/h1-2,7-8,17H,3-6H2;1H. The van der Waals surface area contributed by atoms with Crippen LogP contribution in [0.5, 0.6) is 0 Å². The second kappa shape index (κ2) is 5.89. The molecule has 0 radical (unpaired) electrons. The molecule has 0 unspecified atom stereocenters. The lowest BCUT2D eigenvalue weighted by molar-refractivity contribution is -0.137. The fourth-order valence-electron chi connectivity index (χ4n) is 2.17. The Morgan fingerprint density at radius 1 is 1.11 bits per heavy atom. The van der Waals surface area contributed by atoms with Crippen molar-refractivity contribution in [3.05, 3.63) is 35.1 Å². The van der Waals surface area contributed by atoms with Crippen LogP contribution in [0.4, 0.5) is 17.6 Å². The molecule has 0 saturated carbocycles. The molecule has 2 rings (SSSR count). The summed E-state index contributed by atoms with van der Waals surface area (Å²) in [4.78, 5) is 0. The second-order valence-electron chi connectivity index (χ2n) is 4.26. The molecule has 1 heterocycles. The molecule has 1 aliphatic rings. The molecule has 1 aliphatic heterocycles. The zero-order valence-corrected chi connectivity index (χ0v) is 10.4. The molecular weight excluding hydrogens is 270 g/mol. The molecule has 1 aromatic rings. The smallest absolute Gasteiger partial charge is 0.317 e. The number of alkyl halides is 3. The van der Waals surface area contributed by atoms with E-state index in [0.29, 0.717) is 12.8 Å². The minimum Gasteiger partial charge on any atom is -0.317 e. The summed E-state index contributed by atoms with van der Waals surface area (Å²) >= 11 is 0. The summed E-state index contributed by atoms with van der Waals surface area (Å²) in [7, 11) is 0. The molecule has 0 bridgehead atoms. The summed E-state index contributed by atoms with van der Waals surface area (Å²) < 4.78 is 51.2. The van der Waals surface area contributed by atoms with E-state index < -0.39 is 17.6 Å². The topological polar surface area (TPSA) is 12.0 Å². The highest BCUT2D eigenvalue weighted by molar-refractivity contribution is 5.85. The van der Waals surface area contributed by atoms with E-state index in [1.54, 1.807) is 0 Å². The van der Waals surface area contributed by atoms with Gasteiger partial charge in [-0.3, -0.25) is 0 Å². The van der Waals surface area contributed by atoms with Crippen molar-refractivity contribution in [1.29, 1.82) is 0 Å². The maximum atomic E-state index is 13.6. The van der Waals surface area contributed by atoms with E-state index in [2.05, 4.69) is 5.32 Å². The van der Waals surface area contributed by atoms with Crippen LogP contribution in [0.15, 0.2) is 18.2 Å². The van der Waals surface area contributed by atoms with Gasteiger partial charge in [0.1, 0.15) is 5.82 Å². The largest absolute Gasteiger partial charge is 0.416 e. The minimum atomic E-state index is -4.41. The van der Waals surface area contributed by atoms with Gasteiger partial charge in [0.15, 0.2) is 0 Å². The van der Waals surface area contributed by atoms with Gasteiger partial charge >= 0.3 is 6.18 Å². The molecule has 0 spiro atoms. The number of hydrogen-bond acceptors (Lipinski definition) is 1. The van der Waals surface area contributed by atoms with Gasteiger partial charge in [0, 0.05) is 0 Å². The number of hydrogen-bond donors (Lipinski definition) is 1. The summed E-state index contributed by atoms with van der Waals surface area (Å²) in [6, 6.07) is 2.66. The average Bonchev–Trinajstić information content (AvgIpc) is 2.29. The van der Waals surface area contributed by atoms with Crippen LogP contribution >= 0.6 is 12.4 Å². The zero-order chi connectivity index (χ0) is 12.5. The van der Waals surface area contributed by atoms with Crippen LogP contribution in [0, 0.1) is 5.82 Å². The minimum absolute atomic E-state index is 0. The molecule has 0 aliphatic carbocycles. The highest BCUT2D eigenvalue weighted by Gasteiger charge is 2.32. The normalized spacial score (nSPS) is 17.3. The lowest BCUT2D eigenvalue weighted by Crippen LogP contribution is -2.27. The molecule has 0 amide bonds. The number of rotatable bonds is 1. The van der Waals surface area contributed by atoms with Gasteiger partial charge in [0.2, 0.25) is 0 Å². The Balaban J connectivity index is 0.00000162. The summed E-state index contributed by atoms with van der Waals surface area (Å²) in [5, 5.41) is 3.10. The van der Waals surface area contributed by atoms with Crippen molar-refractivity contribution in [3.63, 3.8) is 0 Å². The third-order valence-corrected chi connectivity index (χ3v) is 3.10. The average molecular weight is 284 g/mol. The lowest BCUT2D eigenvalue weighted by Gasteiger charge is -2.24. The van der Waals surface area contributed by atoms with Gasteiger partial charge in [-0.15, -0.1) is 12.4 Å². The van der Waals surface area contributed by atoms with Crippen LogP contribution in [0.3, 0.4) is 0 Å². The van der Waals surface area contributed by atoms with Crippen molar-refractivity contribution in [2.75, 3.05) is 13.1 Å². The van der Waals surface area contributed by atoms with Crippen molar-refractivity contribution < 1.29 is 17.6 Å². The third kappa shape index (κ3) is 3.36. The number of benzene rings is 1. The Kier molecular flexibility index (Phi) is 4.99. The number of nitrogens with one attached hydrogen (secondary N) is 1. The Hall–Kier alpha value is -0.810. The molecule has 1 N–H and O–H groups in total. The maximum Gasteiger partial charge on any atom is 0.416 e. The van der Waals surface area contributed by atoms with Crippen molar-refractivity contribution in [3.8, 4) is 0 Å². The first-order valence-corrected chi connectivity index (χ1v) is 5.56. The van der Waals surface area contributed by atoms with Crippen LogP contribution < -0.4 is 5.32 Å². The first-order valence-electron chi connectivity index (χ1n) is 5.56. The Morgan fingerprint density at radius 3 is 2.28 bits per heavy atom. The SMILES string of the molecule is Cl.Fc1ccc(C(F)(F)F)cc1C1CCNCC1. The molecule has 18 heavy (non-hydrogen) atoms. The van der Waals surface area contributed by atoms with Crippen molar-refractivity contribution in [2.45, 2.75) is 24.9 Å². The molecule has 6 heteroatoms. The van der Waals surface area contributed by atoms with Crippen LogP contribution in [-0.4, -0.2) is 13.1 Å². The zero-order valence-electron chi connectivity index (χ0n) is 9.56. The monoisotopic (exact) mass is 283 g/mol. The maximum absolute atomic E-state index is 13.6. The molecule has 1 aromatic carbocycles. The van der Waals surface area contributed by atoms with E-state index in [9.17, 15) is 17.6 Å². The van der Waals surface area contributed by atoms with Gasteiger partial charge in [-0.25, -0.2) is 4.39 Å². The van der Waals surface area contributed by atoms with Crippen LogP contribution in [0.25, 0.3) is 0 Å². The first kappa shape index (κ1) is 15.2. The highest BCUT2D eigenvalue weighted by Crippen LogP contribution is 2.34. The molecule has 1 nitrogen and oxygen atoms in total. The Bertz CT molecular complexity index is 400. The van der Waals surface area contributed by atoms with E-state index in [4.69, 9.17) is 0 Å². The van der Waals surface area contributed by atoms with Crippen molar-refractivity contribution in [1.82, 2.24) is 5.32 Å². The summed E-state index contributed by atoms with van der Waals surface area (Å²) in [5.41, 5.74) is -0.575. The predicted octanol–water partition coefficient (Wildman–Crippen LogP) is 3.73. The second-order valence-corrected chi connectivity index (χ2v) is 4.26. The van der Waals surface area contributed by atoms with Crippen LogP contribution in [0.2, 0.25) is 0 Å². The van der Waals surface area contributed by atoms with Gasteiger partial charge in [0.25, 0.3) is 0 Å². The Labute approximate surface area is 109 Å². The van der Waals surface area contributed by atoms with E-state index >= 15 is 0 Å². The van der Waals surface area contributed by atoms with Crippen LogP contribution in [0.1, 0.15) is 29.9 Å². The molecule has 1 fully saturated rings. The fourth-order valence-corrected chi connectivity index (χ4v) is 2.17. The summed E-state index contributed by atoms with van der Waals surface area (Å²) in [6.07, 6.45) is -3.05.